The first-order valence-corrected chi connectivity index (χ1v) is 6.68. The summed E-state index contributed by atoms with van der Waals surface area (Å²) in [4.78, 5) is 19.0. The summed E-state index contributed by atoms with van der Waals surface area (Å²) in [5.74, 6) is 1.75. The van der Waals surface area contributed by atoms with E-state index in [0.717, 1.165) is 18.3 Å². The predicted octanol–water partition coefficient (Wildman–Crippen LogP) is 1.88. The van der Waals surface area contributed by atoms with Crippen molar-refractivity contribution in [2.75, 3.05) is 23.7 Å². The molecule has 0 aromatic carbocycles. The summed E-state index contributed by atoms with van der Waals surface area (Å²) in [5, 5.41) is 14.7. The summed E-state index contributed by atoms with van der Waals surface area (Å²) in [5.41, 5.74) is 0. The van der Waals surface area contributed by atoms with Gasteiger partial charge in [0.05, 0.1) is 0 Å². The van der Waals surface area contributed by atoms with Crippen molar-refractivity contribution in [3.8, 4) is 0 Å². The van der Waals surface area contributed by atoms with Crippen molar-refractivity contribution >= 4 is 17.6 Å². The Morgan fingerprint density at radius 1 is 1.32 bits per heavy atom. The summed E-state index contributed by atoms with van der Waals surface area (Å²) >= 11 is 0. The molecule has 1 aliphatic carbocycles. The van der Waals surface area contributed by atoms with Gasteiger partial charge in [0.15, 0.2) is 0 Å². The molecule has 6 heteroatoms. The van der Waals surface area contributed by atoms with Crippen LogP contribution in [0.25, 0.3) is 0 Å². The molecule has 0 aliphatic heterocycles. The molecule has 1 saturated carbocycles. The molecule has 0 spiro atoms. The Kier molecular flexibility index (Phi) is 4.54. The van der Waals surface area contributed by atoms with Crippen molar-refractivity contribution in [1.29, 1.82) is 0 Å². The molecule has 0 atom stereocenters. The van der Waals surface area contributed by atoms with Crippen molar-refractivity contribution in [3.63, 3.8) is 0 Å². The second-order valence-electron chi connectivity index (χ2n) is 4.96. The van der Waals surface area contributed by atoms with Gasteiger partial charge in [-0.3, -0.25) is 4.79 Å². The highest BCUT2D eigenvalue weighted by molar-refractivity contribution is 5.72. The van der Waals surface area contributed by atoms with Crippen molar-refractivity contribution < 1.29 is 9.90 Å². The van der Waals surface area contributed by atoms with Gasteiger partial charge in [-0.2, -0.15) is 0 Å². The van der Waals surface area contributed by atoms with Gasteiger partial charge in [-0.05, 0) is 25.7 Å². The Hall–Kier alpha value is -1.85. The van der Waals surface area contributed by atoms with E-state index in [2.05, 4.69) is 20.6 Å². The monoisotopic (exact) mass is 264 g/mol. The van der Waals surface area contributed by atoms with Crippen LogP contribution >= 0.6 is 0 Å². The third-order valence-electron chi connectivity index (χ3n) is 3.31. The molecule has 0 unspecified atom stereocenters. The number of carboxylic acids is 1. The Labute approximate surface area is 112 Å². The molecule has 0 bridgehead atoms. The van der Waals surface area contributed by atoms with E-state index >= 15 is 0 Å². The Bertz CT molecular complexity index is 444. The van der Waals surface area contributed by atoms with Gasteiger partial charge in [-0.25, -0.2) is 9.97 Å². The molecule has 0 saturated heterocycles. The first-order valence-electron chi connectivity index (χ1n) is 6.68. The van der Waals surface area contributed by atoms with Gasteiger partial charge in [0, 0.05) is 12.6 Å². The number of aliphatic carboxylic acids is 1. The number of hydrogen-bond donors (Lipinski definition) is 3. The van der Waals surface area contributed by atoms with Crippen LogP contribution in [-0.2, 0) is 4.79 Å². The van der Waals surface area contributed by atoms with Crippen LogP contribution < -0.4 is 10.6 Å². The Morgan fingerprint density at radius 2 is 1.95 bits per heavy atom. The molecule has 0 radical (unpaired) electrons. The number of aryl methyl sites for hydroxylation is 1. The largest absolute Gasteiger partial charge is 0.480 e. The van der Waals surface area contributed by atoms with Crippen LogP contribution in [0.5, 0.6) is 0 Å². The number of carbonyl (C=O) groups is 1. The van der Waals surface area contributed by atoms with E-state index in [4.69, 9.17) is 5.11 Å². The first kappa shape index (κ1) is 13.6. The van der Waals surface area contributed by atoms with Gasteiger partial charge in [0.1, 0.15) is 24.0 Å². The van der Waals surface area contributed by atoms with Crippen molar-refractivity contribution in [2.24, 2.45) is 5.92 Å². The van der Waals surface area contributed by atoms with Gasteiger partial charge in [0.2, 0.25) is 0 Å². The van der Waals surface area contributed by atoms with Gasteiger partial charge in [-0.15, -0.1) is 0 Å². The van der Waals surface area contributed by atoms with Crippen LogP contribution in [-0.4, -0.2) is 34.1 Å². The maximum Gasteiger partial charge on any atom is 0.322 e. The zero-order valence-electron chi connectivity index (χ0n) is 11.1. The highest BCUT2D eigenvalue weighted by Crippen LogP contribution is 2.24. The molecule has 19 heavy (non-hydrogen) atoms. The lowest BCUT2D eigenvalue weighted by Crippen LogP contribution is -2.16. The molecule has 2 rings (SSSR count). The molecular formula is C13H20N4O2. The normalized spacial score (nSPS) is 15.4. The lowest BCUT2D eigenvalue weighted by molar-refractivity contribution is -0.134. The molecule has 0 amide bonds. The molecule has 1 aromatic rings. The third kappa shape index (κ3) is 4.39. The van der Waals surface area contributed by atoms with E-state index in [0.29, 0.717) is 11.6 Å². The molecule has 1 aromatic heterocycles. The highest BCUT2D eigenvalue weighted by atomic mass is 16.4. The first-order chi connectivity index (χ1) is 9.13. The molecule has 6 nitrogen and oxygen atoms in total. The van der Waals surface area contributed by atoms with Crippen molar-refractivity contribution in [2.45, 2.75) is 32.6 Å². The van der Waals surface area contributed by atoms with Gasteiger partial charge < -0.3 is 15.7 Å². The van der Waals surface area contributed by atoms with E-state index in [1.54, 1.807) is 13.0 Å². The smallest absolute Gasteiger partial charge is 0.322 e. The second-order valence-corrected chi connectivity index (χ2v) is 4.96. The molecular weight excluding hydrogens is 244 g/mol. The Morgan fingerprint density at radius 3 is 2.58 bits per heavy atom. The number of hydrogen-bond acceptors (Lipinski definition) is 5. The summed E-state index contributed by atoms with van der Waals surface area (Å²) in [6.07, 6.45) is 5.20. The van der Waals surface area contributed by atoms with Crippen LogP contribution in [0.1, 0.15) is 31.5 Å². The van der Waals surface area contributed by atoms with E-state index in [-0.39, 0.29) is 6.54 Å². The fourth-order valence-corrected chi connectivity index (χ4v) is 2.38. The number of carboxylic acid groups (broad SMARTS) is 1. The third-order valence-corrected chi connectivity index (χ3v) is 3.31. The standard InChI is InChI=1S/C13H20N4O2/c1-9-16-11(14-7-10-4-2-3-5-10)6-12(17-9)15-8-13(18)19/h6,10H,2-5,7-8H2,1H3,(H,18,19)(H2,14,15,16,17). The number of nitrogens with one attached hydrogen (secondary N) is 2. The summed E-state index contributed by atoms with van der Waals surface area (Å²) in [7, 11) is 0. The van der Waals surface area contributed by atoms with Crippen molar-refractivity contribution in [1.82, 2.24) is 9.97 Å². The van der Waals surface area contributed by atoms with Crippen molar-refractivity contribution in [3.05, 3.63) is 11.9 Å². The minimum absolute atomic E-state index is 0.140. The zero-order valence-corrected chi connectivity index (χ0v) is 11.1. The average Bonchev–Trinajstić information content (AvgIpc) is 2.86. The van der Waals surface area contributed by atoms with Crippen LogP contribution in [0.2, 0.25) is 0 Å². The van der Waals surface area contributed by atoms with Gasteiger partial charge in [0.25, 0.3) is 0 Å². The number of nitrogens with zero attached hydrogens (tertiary/aromatic N) is 2. The van der Waals surface area contributed by atoms with E-state index in [1.807, 2.05) is 0 Å². The summed E-state index contributed by atoms with van der Waals surface area (Å²) in [6, 6.07) is 1.75. The fraction of sp³-hybridized carbons (Fsp3) is 0.615. The summed E-state index contributed by atoms with van der Waals surface area (Å²) < 4.78 is 0. The fourth-order valence-electron chi connectivity index (χ4n) is 2.38. The maximum absolute atomic E-state index is 10.5. The second kappa shape index (κ2) is 6.36. The molecule has 1 aliphatic rings. The van der Waals surface area contributed by atoms with E-state index in [1.165, 1.54) is 25.7 Å². The topological polar surface area (TPSA) is 87.1 Å². The SMILES string of the molecule is Cc1nc(NCC(=O)O)cc(NCC2CCCC2)n1. The minimum Gasteiger partial charge on any atom is -0.480 e. The molecule has 3 N–H and O–H groups in total. The minimum atomic E-state index is -0.906. The van der Waals surface area contributed by atoms with Gasteiger partial charge >= 0.3 is 5.97 Å². The van der Waals surface area contributed by atoms with Crippen LogP contribution in [0.4, 0.5) is 11.6 Å². The Balaban J connectivity index is 1.93. The van der Waals surface area contributed by atoms with E-state index in [9.17, 15) is 4.79 Å². The maximum atomic E-state index is 10.5. The predicted molar refractivity (Wildman–Crippen MR) is 73.3 cm³/mol. The lowest BCUT2D eigenvalue weighted by atomic mass is 10.1. The number of aromatic nitrogens is 2. The van der Waals surface area contributed by atoms with Crippen LogP contribution in [0, 0.1) is 12.8 Å². The average molecular weight is 264 g/mol. The highest BCUT2D eigenvalue weighted by Gasteiger charge is 2.14. The number of rotatable bonds is 6. The van der Waals surface area contributed by atoms with Crippen LogP contribution in [0.15, 0.2) is 6.07 Å². The zero-order chi connectivity index (χ0) is 13.7. The molecule has 104 valence electrons. The number of anilines is 2. The molecule has 1 heterocycles. The lowest BCUT2D eigenvalue weighted by Gasteiger charge is -2.12. The van der Waals surface area contributed by atoms with Gasteiger partial charge in [-0.1, -0.05) is 12.8 Å². The quantitative estimate of drug-likeness (QED) is 0.727. The van der Waals surface area contributed by atoms with E-state index < -0.39 is 5.97 Å². The molecule has 1 fully saturated rings. The van der Waals surface area contributed by atoms with Crippen LogP contribution in [0.3, 0.4) is 0 Å². The summed E-state index contributed by atoms with van der Waals surface area (Å²) in [6.45, 7) is 2.58.